The molecule has 0 saturated carbocycles. The number of hydrogen-bond donors (Lipinski definition) is 2. The van der Waals surface area contributed by atoms with Gasteiger partial charge in [-0.2, -0.15) is 0 Å². The summed E-state index contributed by atoms with van der Waals surface area (Å²) in [4.78, 5) is 8.16. The second kappa shape index (κ2) is 9.20. The first kappa shape index (κ1) is 21.4. The van der Waals surface area contributed by atoms with Crippen LogP contribution in [0.3, 0.4) is 0 Å². The molecule has 4 nitrogen and oxygen atoms in total. The number of hydrogen-bond acceptors (Lipinski definition) is 3. The Labute approximate surface area is 188 Å². The number of para-hydroxylation sites is 1. The monoisotopic (exact) mass is 438 g/mol. The Hall–Kier alpha value is -2.44. The van der Waals surface area contributed by atoms with Gasteiger partial charge in [-0.3, -0.25) is 0 Å². The first-order valence-electron chi connectivity index (χ1n) is 11.8. The lowest BCUT2D eigenvalue weighted by molar-refractivity contribution is -0.0548. The molecule has 2 N–H and O–H groups in total. The largest absolute Gasteiger partial charge is 0.371 e. The molecular formula is C26H32F2N4. The SMILES string of the molecule is FC1(F)CCN(CCNC2CCN(c3cccc(-c4cc5ccccc5[nH]4)c3)CC2)CC1. The molecule has 32 heavy (non-hydrogen) atoms. The van der Waals surface area contributed by atoms with E-state index in [0.29, 0.717) is 19.1 Å². The Morgan fingerprint density at radius 1 is 0.938 bits per heavy atom. The summed E-state index contributed by atoms with van der Waals surface area (Å²) in [6.07, 6.45) is 2.22. The van der Waals surface area contributed by atoms with Crippen LogP contribution in [-0.4, -0.2) is 61.1 Å². The predicted octanol–water partition coefficient (Wildman–Crippen LogP) is 5.12. The van der Waals surface area contributed by atoms with E-state index < -0.39 is 5.92 Å². The number of anilines is 1. The summed E-state index contributed by atoms with van der Waals surface area (Å²) >= 11 is 0. The highest BCUT2D eigenvalue weighted by Crippen LogP contribution is 2.29. The fourth-order valence-electron chi connectivity index (χ4n) is 4.97. The van der Waals surface area contributed by atoms with Gasteiger partial charge >= 0.3 is 0 Å². The summed E-state index contributed by atoms with van der Waals surface area (Å²) in [7, 11) is 0. The van der Waals surface area contributed by atoms with Crippen LogP contribution in [-0.2, 0) is 0 Å². The number of benzene rings is 2. The normalized spacial score (nSPS) is 20.1. The van der Waals surface area contributed by atoms with Crippen molar-refractivity contribution in [3.63, 3.8) is 0 Å². The Morgan fingerprint density at radius 3 is 2.50 bits per heavy atom. The van der Waals surface area contributed by atoms with Crippen LogP contribution >= 0.6 is 0 Å². The summed E-state index contributed by atoms with van der Waals surface area (Å²) in [5, 5.41) is 4.89. The summed E-state index contributed by atoms with van der Waals surface area (Å²) in [6, 6.07) is 19.9. The third-order valence-corrected chi connectivity index (χ3v) is 7.00. The first-order chi connectivity index (χ1) is 15.6. The van der Waals surface area contributed by atoms with Crippen LogP contribution < -0.4 is 10.2 Å². The minimum Gasteiger partial charge on any atom is -0.371 e. The molecule has 2 aliphatic rings. The van der Waals surface area contributed by atoms with Gasteiger partial charge in [0.2, 0.25) is 0 Å². The highest BCUT2D eigenvalue weighted by Gasteiger charge is 2.33. The Kier molecular flexibility index (Phi) is 6.15. The summed E-state index contributed by atoms with van der Waals surface area (Å²) in [5.41, 5.74) is 4.80. The predicted molar refractivity (Wildman–Crippen MR) is 128 cm³/mol. The maximum absolute atomic E-state index is 13.3. The van der Waals surface area contributed by atoms with Crippen LogP contribution in [0.5, 0.6) is 0 Å². The van der Waals surface area contributed by atoms with E-state index in [-0.39, 0.29) is 12.8 Å². The number of alkyl halides is 2. The number of aromatic amines is 1. The van der Waals surface area contributed by atoms with Crippen molar-refractivity contribution in [2.75, 3.05) is 44.2 Å². The Morgan fingerprint density at radius 2 is 1.72 bits per heavy atom. The molecule has 0 radical (unpaired) electrons. The van der Waals surface area contributed by atoms with E-state index in [2.05, 4.69) is 74.7 Å². The number of likely N-dealkylation sites (tertiary alicyclic amines) is 1. The number of H-pyrrole nitrogens is 1. The van der Waals surface area contributed by atoms with Gasteiger partial charge in [0, 0.05) is 80.4 Å². The van der Waals surface area contributed by atoms with Crippen molar-refractivity contribution >= 4 is 16.6 Å². The number of nitrogens with zero attached hydrogens (tertiary/aromatic N) is 2. The summed E-state index contributed by atoms with van der Waals surface area (Å²) in [6.45, 7) is 4.84. The van der Waals surface area contributed by atoms with Crippen molar-refractivity contribution < 1.29 is 8.78 Å². The van der Waals surface area contributed by atoms with E-state index >= 15 is 0 Å². The van der Waals surface area contributed by atoms with Crippen LogP contribution in [0, 0.1) is 0 Å². The van der Waals surface area contributed by atoms with E-state index in [4.69, 9.17) is 0 Å². The lowest BCUT2D eigenvalue weighted by atomic mass is 10.0. The lowest BCUT2D eigenvalue weighted by Gasteiger charge is -2.35. The maximum atomic E-state index is 13.3. The smallest absolute Gasteiger partial charge is 0.250 e. The number of piperidine rings is 2. The van der Waals surface area contributed by atoms with Gasteiger partial charge in [0.15, 0.2) is 0 Å². The average Bonchev–Trinajstić information content (AvgIpc) is 3.25. The first-order valence-corrected chi connectivity index (χ1v) is 11.8. The van der Waals surface area contributed by atoms with Crippen LogP contribution in [0.4, 0.5) is 14.5 Å². The molecule has 5 rings (SSSR count). The van der Waals surface area contributed by atoms with Gasteiger partial charge in [-0.05, 0) is 42.7 Å². The van der Waals surface area contributed by atoms with Gasteiger partial charge in [-0.25, -0.2) is 8.78 Å². The van der Waals surface area contributed by atoms with Crippen molar-refractivity contribution in [3.05, 3.63) is 54.6 Å². The molecule has 2 aromatic carbocycles. The molecule has 170 valence electrons. The van der Waals surface area contributed by atoms with Crippen molar-refractivity contribution in [1.82, 2.24) is 15.2 Å². The molecule has 0 bridgehead atoms. The molecule has 0 unspecified atom stereocenters. The Balaban J connectivity index is 1.12. The van der Waals surface area contributed by atoms with Gasteiger partial charge in [0.25, 0.3) is 5.92 Å². The van der Waals surface area contributed by atoms with E-state index in [9.17, 15) is 8.78 Å². The summed E-state index contributed by atoms with van der Waals surface area (Å²) in [5.74, 6) is -2.46. The van der Waals surface area contributed by atoms with Gasteiger partial charge in [0.1, 0.15) is 0 Å². The molecule has 2 aliphatic heterocycles. The Bertz CT molecular complexity index is 996. The minimum atomic E-state index is -2.46. The van der Waals surface area contributed by atoms with Crippen molar-refractivity contribution in [3.8, 4) is 11.3 Å². The number of nitrogens with one attached hydrogen (secondary N) is 2. The van der Waals surface area contributed by atoms with Crippen LogP contribution in [0.2, 0.25) is 0 Å². The van der Waals surface area contributed by atoms with Crippen molar-refractivity contribution in [2.24, 2.45) is 0 Å². The van der Waals surface area contributed by atoms with Crippen LogP contribution in [0.1, 0.15) is 25.7 Å². The topological polar surface area (TPSA) is 34.3 Å². The molecule has 2 saturated heterocycles. The van der Waals surface area contributed by atoms with Gasteiger partial charge < -0.3 is 20.1 Å². The molecular weight excluding hydrogens is 406 g/mol. The fraction of sp³-hybridized carbons (Fsp3) is 0.462. The standard InChI is InChI=1S/C26H32F2N4/c27-26(28)10-15-31(16-11-26)17-12-29-22-8-13-32(14-9-22)23-6-3-5-20(18-23)25-19-21-4-1-2-7-24(21)30-25/h1-7,18-19,22,29-30H,8-17H2. The molecule has 0 atom stereocenters. The van der Waals surface area contributed by atoms with Crippen molar-refractivity contribution in [2.45, 2.75) is 37.6 Å². The molecule has 2 fully saturated rings. The third kappa shape index (κ3) is 4.97. The lowest BCUT2D eigenvalue weighted by Crippen LogP contribution is -2.46. The van der Waals surface area contributed by atoms with E-state index in [0.717, 1.165) is 50.2 Å². The quantitative estimate of drug-likeness (QED) is 0.560. The zero-order valence-corrected chi connectivity index (χ0v) is 18.5. The second-order valence-electron chi connectivity index (χ2n) is 9.23. The number of aromatic nitrogens is 1. The van der Waals surface area contributed by atoms with Crippen LogP contribution in [0.15, 0.2) is 54.6 Å². The zero-order valence-electron chi connectivity index (χ0n) is 18.5. The molecule has 3 heterocycles. The highest BCUT2D eigenvalue weighted by atomic mass is 19.3. The van der Waals surface area contributed by atoms with Gasteiger partial charge in [-0.15, -0.1) is 0 Å². The molecule has 0 aliphatic carbocycles. The number of rotatable bonds is 6. The maximum Gasteiger partial charge on any atom is 0.250 e. The zero-order chi connectivity index (χ0) is 22.0. The molecule has 0 amide bonds. The van der Waals surface area contributed by atoms with Crippen LogP contribution in [0.25, 0.3) is 22.2 Å². The number of halogens is 2. The highest BCUT2D eigenvalue weighted by molar-refractivity contribution is 5.86. The van der Waals surface area contributed by atoms with E-state index in [1.165, 1.54) is 16.6 Å². The third-order valence-electron chi connectivity index (χ3n) is 7.00. The fourth-order valence-corrected chi connectivity index (χ4v) is 4.97. The molecule has 0 spiro atoms. The van der Waals surface area contributed by atoms with Gasteiger partial charge in [0.05, 0.1) is 0 Å². The average molecular weight is 439 g/mol. The molecule has 6 heteroatoms. The second-order valence-corrected chi connectivity index (χ2v) is 9.23. The van der Waals surface area contributed by atoms with E-state index in [1.807, 2.05) is 0 Å². The minimum absolute atomic E-state index is 0.00294. The van der Waals surface area contributed by atoms with Gasteiger partial charge in [-0.1, -0.05) is 30.3 Å². The number of fused-ring (bicyclic) bond motifs is 1. The summed E-state index contributed by atoms with van der Waals surface area (Å²) < 4.78 is 26.6. The molecule has 1 aromatic heterocycles. The van der Waals surface area contributed by atoms with E-state index in [1.54, 1.807) is 0 Å². The molecule has 3 aromatic rings. The van der Waals surface area contributed by atoms with Crippen molar-refractivity contribution in [1.29, 1.82) is 0 Å².